The largest absolute Gasteiger partial charge is 0.381 e. The lowest BCUT2D eigenvalue weighted by atomic mass is 9.72. The second kappa shape index (κ2) is 7.96. The van der Waals surface area contributed by atoms with E-state index in [1.54, 1.807) is 22.6 Å². The predicted molar refractivity (Wildman–Crippen MR) is 103 cm³/mol. The number of likely N-dealkylation sites (tertiary alicyclic amines) is 1. The van der Waals surface area contributed by atoms with Crippen molar-refractivity contribution in [1.82, 2.24) is 19.5 Å². The lowest BCUT2D eigenvalue weighted by Gasteiger charge is -2.38. The highest BCUT2D eigenvalue weighted by molar-refractivity contribution is 7.89. The Labute approximate surface area is 166 Å². The van der Waals surface area contributed by atoms with Gasteiger partial charge in [0.1, 0.15) is 4.90 Å². The second-order valence-corrected chi connectivity index (χ2v) is 9.98. The van der Waals surface area contributed by atoms with Crippen molar-refractivity contribution in [3.8, 4) is 0 Å². The fraction of sp³-hybridized carbons (Fsp3) is 0.684. The maximum Gasteiger partial charge on any atom is 0.317 e. The van der Waals surface area contributed by atoms with Crippen LogP contribution in [-0.2, 0) is 14.8 Å². The first-order valence-corrected chi connectivity index (χ1v) is 11.5. The van der Waals surface area contributed by atoms with Gasteiger partial charge in [-0.3, -0.25) is 4.98 Å². The topological polar surface area (TPSA) is 91.8 Å². The van der Waals surface area contributed by atoms with Crippen LogP contribution in [0.2, 0.25) is 0 Å². The fourth-order valence-electron chi connectivity index (χ4n) is 4.68. The van der Waals surface area contributed by atoms with Gasteiger partial charge in [0.15, 0.2) is 0 Å². The summed E-state index contributed by atoms with van der Waals surface area (Å²) >= 11 is 0. The number of aromatic nitrogens is 1. The van der Waals surface area contributed by atoms with Crippen molar-refractivity contribution in [2.45, 2.75) is 30.6 Å². The van der Waals surface area contributed by atoms with Crippen molar-refractivity contribution in [3.05, 3.63) is 24.5 Å². The SMILES string of the molecule is O=C(NCC1CN(S(=O)(=O)c2cccnc2)CC12CCOCC2)N1CCCC1. The molecular weight excluding hydrogens is 380 g/mol. The summed E-state index contributed by atoms with van der Waals surface area (Å²) in [5, 5.41) is 3.06. The van der Waals surface area contributed by atoms with E-state index in [2.05, 4.69) is 10.3 Å². The minimum atomic E-state index is -3.59. The highest BCUT2D eigenvalue weighted by Crippen LogP contribution is 2.45. The number of hydrogen-bond donors (Lipinski definition) is 1. The Balaban J connectivity index is 1.50. The number of nitrogens with zero attached hydrogens (tertiary/aromatic N) is 3. The van der Waals surface area contributed by atoms with Gasteiger partial charge < -0.3 is 15.0 Å². The van der Waals surface area contributed by atoms with Gasteiger partial charge in [-0.2, -0.15) is 4.31 Å². The van der Waals surface area contributed by atoms with Crippen LogP contribution in [-0.4, -0.2) is 74.6 Å². The van der Waals surface area contributed by atoms with Gasteiger partial charge in [-0.1, -0.05) is 0 Å². The molecule has 0 aromatic carbocycles. The summed E-state index contributed by atoms with van der Waals surface area (Å²) in [5.41, 5.74) is -0.147. The molecule has 2 amide bonds. The minimum Gasteiger partial charge on any atom is -0.381 e. The summed E-state index contributed by atoms with van der Waals surface area (Å²) in [5.74, 6) is 0.0781. The highest BCUT2D eigenvalue weighted by Gasteiger charge is 2.50. The van der Waals surface area contributed by atoms with E-state index in [1.807, 2.05) is 4.90 Å². The van der Waals surface area contributed by atoms with Crippen LogP contribution in [0.15, 0.2) is 29.4 Å². The number of nitrogens with one attached hydrogen (secondary N) is 1. The fourth-order valence-corrected chi connectivity index (χ4v) is 6.23. The van der Waals surface area contributed by atoms with Crippen molar-refractivity contribution in [1.29, 1.82) is 0 Å². The number of urea groups is 1. The molecule has 1 aromatic rings. The number of ether oxygens (including phenoxy) is 1. The van der Waals surface area contributed by atoms with Crippen LogP contribution >= 0.6 is 0 Å². The van der Waals surface area contributed by atoms with Gasteiger partial charge >= 0.3 is 6.03 Å². The Bertz CT molecular complexity index is 789. The second-order valence-electron chi connectivity index (χ2n) is 8.04. The monoisotopic (exact) mass is 408 g/mol. The molecule has 0 bridgehead atoms. The van der Waals surface area contributed by atoms with Crippen molar-refractivity contribution in [2.24, 2.45) is 11.3 Å². The zero-order valence-corrected chi connectivity index (χ0v) is 16.9. The van der Waals surface area contributed by atoms with E-state index >= 15 is 0 Å². The maximum atomic E-state index is 13.1. The molecule has 0 radical (unpaired) electrons. The number of amides is 2. The average molecular weight is 409 g/mol. The van der Waals surface area contributed by atoms with Gasteiger partial charge in [0.2, 0.25) is 10.0 Å². The summed E-state index contributed by atoms with van der Waals surface area (Å²) in [6, 6.07) is 3.19. The molecule has 1 unspecified atom stereocenters. The van der Waals surface area contributed by atoms with Crippen LogP contribution in [0.25, 0.3) is 0 Å². The molecule has 1 N–H and O–H groups in total. The molecule has 1 aromatic heterocycles. The van der Waals surface area contributed by atoms with Crippen molar-refractivity contribution in [3.63, 3.8) is 0 Å². The summed E-state index contributed by atoms with van der Waals surface area (Å²) in [4.78, 5) is 18.4. The molecule has 0 aliphatic carbocycles. The molecule has 3 fully saturated rings. The maximum absolute atomic E-state index is 13.1. The Morgan fingerprint density at radius 1 is 1.29 bits per heavy atom. The van der Waals surface area contributed by atoms with Gasteiger partial charge in [0, 0.05) is 58.3 Å². The molecule has 0 saturated carbocycles. The van der Waals surface area contributed by atoms with Crippen LogP contribution < -0.4 is 5.32 Å². The van der Waals surface area contributed by atoms with E-state index in [1.165, 1.54) is 6.20 Å². The van der Waals surface area contributed by atoms with Crippen LogP contribution in [0.3, 0.4) is 0 Å². The Morgan fingerprint density at radius 3 is 2.71 bits per heavy atom. The lowest BCUT2D eigenvalue weighted by molar-refractivity contribution is 0.00176. The van der Waals surface area contributed by atoms with E-state index in [0.717, 1.165) is 38.8 Å². The van der Waals surface area contributed by atoms with Crippen molar-refractivity contribution >= 4 is 16.1 Å². The first-order valence-electron chi connectivity index (χ1n) is 10.0. The van der Waals surface area contributed by atoms with Crippen molar-refractivity contribution < 1.29 is 17.9 Å². The Kier molecular flexibility index (Phi) is 5.57. The molecule has 3 aliphatic heterocycles. The minimum absolute atomic E-state index is 0.0340. The number of rotatable bonds is 4. The zero-order chi connectivity index (χ0) is 19.6. The summed E-state index contributed by atoms with van der Waals surface area (Å²) in [7, 11) is -3.59. The molecule has 9 heteroatoms. The smallest absolute Gasteiger partial charge is 0.317 e. The van der Waals surface area contributed by atoms with Gasteiger partial charge in [-0.15, -0.1) is 0 Å². The van der Waals surface area contributed by atoms with Crippen molar-refractivity contribution in [2.75, 3.05) is 45.9 Å². The first kappa shape index (κ1) is 19.6. The van der Waals surface area contributed by atoms with Gasteiger partial charge in [-0.05, 0) is 49.1 Å². The third kappa shape index (κ3) is 3.75. The molecular formula is C19H28N4O4S. The first-order chi connectivity index (χ1) is 13.5. The molecule has 1 spiro atoms. The van der Waals surface area contributed by atoms with Crippen LogP contribution in [0, 0.1) is 11.3 Å². The Morgan fingerprint density at radius 2 is 2.04 bits per heavy atom. The normalized spacial score (nSPS) is 25.3. The van der Waals surface area contributed by atoms with E-state index in [-0.39, 0.29) is 22.3 Å². The highest BCUT2D eigenvalue weighted by atomic mass is 32.2. The summed E-state index contributed by atoms with van der Waals surface area (Å²) in [6.45, 7) is 4.26. The van der Waals surface area contributed by atoms with Gasteiger partial charge in [0.25, 0.3) is 0 Å². The number of carbonyl (C=O) groups excluding carboxylic acids is 1. The van der Waals surface area contributed by atoms with E-state index in [0.29, 0.717) is 32.8 Å². The number of hydrogen-bond acceptors (Lipinski definition) is 5. The average Bonchev–Trinajstić information content (AvgIpc) is 3.37. The number of pyridine rings is 1. The van der Waals surface area contributed by atoms with Gasteiger partial charge in [-0.25, -0.2) is 13.2 Å². The zero-order valence-electron chi connectivity index (χ0n) is 16.0. The third-order valence-electron chi connectivity index (χ3n) is 6.44. The molecule has 4 rings (SSSR count). The Hall–Kier alpha value is -1.71. The van der Waals surface area contributed by atoms with Crippen LogP contribution in [0.4, 0.5) is 4.79 Å². The van der Waals surface area contributed by atoms with Crippen LogP contribution in [0.1, 0.15) is 25.7 Å². The molecule has 28 heavy (non-hydrogen) atoms. The molecule has 3 aliphatic rings. The van der Waals surface area contributed by atoms with E-state index in [9.17, 15) is 13.2 Å². The number of carbonyl (C=O) groups is 1. The van der Waals surface area contributed by atoms with E-state index in [4.69, 9.17) is 4.74 Å². The third-order valence-corrected chi connectivity index (χ3v) is 8.23. The summed E-state index contributed by atoms with van der Waals surface area (Å²) < 4.78 is 33.3. The molecule has 4 heterocycles. The van der Waals surface area contributed by atoms with E-state index < -0.39 is 10.0 Å². The quantitative estimate of drug-likeness (QED) is 0.811. The molecule has 1 atom stereocenters. The van der Waals surface area contributed by atoms with Gasteiger partial charge in [0.05, 0.1) is 0 Å². The lowest BCUT2D eigenvalue weighted by Crippen LogP contribution is -2.45. The molecule has 154 valence electrons. The standard InChI is InChI=1S/C19H28N4O4S/c24-18(22-8-1-2-9-22)21-12-16-14-23(15-19(16)5-10-27-11-6-19)28(25,26)17-4-3-7-20-13-17/h3-4,7,13,16H,1-2,5-6,8-12,14-15H2,(H,21,24). The number of sulfonamides is 1. The molecule has 3 saturated heterocycles. The summed E-state index contributed by atoms with van der Waals surface area (Å²) in [6.07, 6.45) is 6.70. The molecule has 8 nitrogen and oxygen atoms in total. The van der Waals surface area contributed by atoms with Crippen LogP contribution in [0.5, 0.6) is 0 Å². The predicted octanol–water partition coefficient (Wildman–Crippen LogP) is 1.30.